The number of hydrogen-bond acceptors (Lipinski definition) is 3. The molecule has 108 valence electrons. The van der Waals surface area contributed by atoms with Gasteiger partial charge in [0.2, 0.25) is 5.91 Å². The second-order valence-corrected chi connectivity index (χ2v) is 4.29. The Bertz CT molecular complexity index is 496. The first-order chi connectivity index (χ1) is 9.54. The van der Waals surface area contributed by atoms with Crippen molar-refractivity contribution in [3.8, 4) is 5.75 Å². The third-order valence-corrected chi connectivity index (χ3v) is 2.64. The first kappa shape index (κ1) is 15.8. The largest absolute Gasteiger partial charge is 0.493 e. The van der Waals surface area contributed by atoms with E-state index in [0.717, 1.165) is 5.56 Å². The van der Waals surface area contributed by atoms with Gasteiger partial charge in [-0.1, -0.05) is 25.1 Å². The number of carbonyl (C=O) groups excluding carboxylic acids is 1. The third kappa shape index (κ3) is 5.14. The zero-order valence-electron chi connectivity index (χ0n) is 11.6. The number of nitrogens with one attached hydrogen (secondary N) is 1. The Hall–Kier alpha value is -2.30. The van der Waals surface area contributed by atoms with Gasteiger partial charge < -0.3 is 15.2 Å². The number of ether oxygens (including phenoxy) is 1. The van der Waals surface area contributed by atoms with Gasteiger partial charge in [0, 0.05) is 18.2 Å². The van der Waals surface area contributed by atoms with E-state index in [1.807, 2.05) is 31.2 Å². The van der Waals surface area contributed by atoms with Crippen molar-refractivity contribution in [3.63, 3.8) is 0 Å². The zero-order valence-corrected chi connectivity index (χ0v) is 11.6. The number of carboxylic acid groups (broad SMARTS) is 1. The monoisotopic (exact) mass is 277 g/mol. The summed E-state index contributed by atoms with van der Waals surface area (Å²) in [6, 6.07) is 7.38. The van der Waals surface area contributed by atoms with Gasteiger partial charge >= 0.3 is 5.97 Å². The van der Waals surface area contributed by atoms with Crippen LogP contribution in [0, 0.1) is 5.92 Å². The zero-order chi connectivity index (χ0) is 15.0. The van der Waals surface area contributed by atoms with E-state index < -0.39 is 11.9 Å². The van der Waals surface area contributed by atoms with Crippen LogP contribution in [0.1, 0.15) is 19.4 Å². The molecule has 1 amide bonds. The molecule has 0 aromatic heterocycles. The van der Waals surface area contributed by atoms with Crippen molar-refractivity contribution >= 4 is 18.0 Å². The highest BCUT2D eigenvalue weighted by molar-refractivity contribution is 5.92. The van der Waals surface area contributed by atoms with Crippen LogP contribution in [0.4, 0.5) is 0 Å². The third-order valence-electron chi connectivity index (χ3n) is 2.64. The molecule has 1 atom stereocenters. The fourth-order valence-corrected chi connectivity index (χ4v) is 1.47. The number of aliphatic carboxylic acids is 1. The molecule has 0 heterocycles. The molecule has 20 heavy (non-hydrogen) atoms. The maximum Gasteiger partial charge on any atom is 0.308 e. The Kier molecular flexibility index (Phi) is 6.29. The minimum atomic E-state index is -0.934. The number of benzene rings is 1. The summed E-state index contributed by atoms with van der Waals surface area (Å²) in [5.41, 5.74) is 0.802. The average Bonchev–Trinajstić information content (AvgIpc) is 2.44. The van der Waals surface area contributed by atoms with Gasteiger partial charge in [-0.2, -0.15) is 0 Å². The minimum Gasteiger partial charge on any atom is -0.493 e. The Morgan fingerprint density at radius 2 is 2.10 bits per heavy atom. The molecule has 1 rings (SSSR count). The molecule has 1 unspecified atom stereocenters. The van der Waals surface area contributed by atoms with Crippen molar-refractivity contribution in [2.24, 2.45) is 5.92 Å². The Balaban J connectivity index is 2.59. The van der Waals surface area contributed by atoms with E-state index in [4.69, 9.17) is 9.84 Å². The fourth-order valence-electron chi connectivity index (χ4n) is 1.47. The van der Waals surface area contributed by atoms with Gasteiger partial charge in [0.15, 0.2) is 0 Å². The molecule has 2 N–H and O–H groups in total. The van der Waals surface area contributed by atoms with Gasteiger partial charge in [-0.05, 0) is 19.1 Å². The lowest BCUT2D eigenvalue weighted by Crippen LogP contribution is -2.30. The van der Waals surface area contributed by atoms with Gasteiger partial charge in [-0.25, -0.2) is 0 Å². The number of carboxylic acids is 1. The van der Waals surface area contributed by atoms with Gasteiger partial charge in [-0.3, -0.25) is 9.59 Å². The Morgan fingerprint density at radius 1 is 1.40 bits per heavy atom. The molecule has 0 bridgehead atoms. The molecule has 1 aromatic rings. The van der Waals surface area contributed by atoms with E-state index in [9.17, 15) is 9.59 Å². The van der Waals surface area contributed by atoms with Crippen LogP contribution < -0.4 is 10.1 Å². The smallest absolute Gasteiger partial charge is 0.308 e. The molecule has 0 saturated carbocycles. The molecule has 5 heteroatoms. The molecule has 0 aliphatic rings. The van der Waals surface area contributed by atoms with Crippen molar-refractivity contribution < 1.29 is 19.4 Å². The summed E-state index contributed by atoms with van der Waals surface area (Å²) in [5, 5.41) is 11.3. The SMILES string of the molecule is CCOc1ccccc1C=CC(=O)NCC(C)C(=O)O. The number of carbonyl (C=O) groups is 2. The first-order valence-corrected chi connectivity index (χ1v) is 6.45. The molecule has 0 aliphatic carbocycles. The molecule has 0 spiro atoms. The molecule has 5 nitrogen and oxygen atoms in total. The highest BCUT2D eigenvalue weighted by Crippen LogP contribution is 2.19. The number of amides is 1. The van der Waals surface area contributed by atoms with Crippen molar-refractivity contribution in [1.29, 1.82) is 0 Å². The summed E-state index contributed by atoms with van der Waals surface area (Å²) in [6.07, 6.45) is 3.01. The summed E-state index contributed by atoms with van der Waals surface area (Å²) in [5.74, 6) is -1.17. The summed E-state index contributed by atoms with van der Waals surface area (Å²) in [6.45, 7) is 4.08. The van der Waals surface area contributed by atoms with Crippen LogP contribution in [-0.4, -0.2) is 30.1 Å². The van der Waals surface area contributed by atoms with Crippen LogP contribution in [0.15, 0.2) is 30.3 Å². The normalized spacial score (nSPS) is 12.1. The second kappa shape index (κ2) is 7.99. The van der Waals surface area contributed by atoms with Crippen LogP contribution in [0.2, 0.25) is 0 Å². The summed E-state index contributed by atoms with van der Waals surface area (Å²) in [7, 11) is 0. The Morgan fingerprint density at radius 3 is 2.75 bits per heavy atom. The van der Waals surface area contributed by atoms with E-state index in [1.165, 1.54) is 13.0 Å². The van der Waals surface area contributed by atoms with Crippen LogP contribution >= 0.6 is 0 Å². The lowest BCUT2D eigenvalue weighted by molar-refractivity contribution is -0.141. The first-order valence-electron chi connectivity index (χ1n) is 6.45. The highest BCUT2D eigenvalue weighted by Gasteiger charge is 2.10. The van der Waals surface area contributed by atoms with Crippen molar-refractivity contribution in [1.82, 2.24) is 5.32 Å². The number of rotatable bonds is 7. The van der Waals surface area contributed by atoms with E-state index in [-0.39, 0.29) is 12.5 Å². The number of hydrogen-bond donors (Lipinski definition) is 2. The maximum absolute atomic E-state index is 11.6. The van der Waals surface area contributed by atoms with E-state index in [0.29, 0.717) is 12.4 Å². The lowest BCUT2D eigenvalue weighted by atomic mass is 10.1. The van der Waals surface area contributed by atoms with Crippen molar-refractivity contribution in [2.45, 2.75) is 13.8 Å². The van der Waals surface area contributed by atoms with E-state index >= 15 is 0 Å². The van der Waals surface area contributed by atoms with E-state index in [1.54, 1.807) is 6.08 Å². The molecular weight excluding hydrogens is 258 g/mol. The molecule has 0 radical (unpaired) electrons. The lowest BCUT2D eigenvalue weighted by Gasteiger charge is -2.07. The molecular formula is C15H19NO4. The minimum absolute atomic E-state index is 0.103. The van der Waals surface area contributed by atoms with Crippen LogP contribution in [0.25, 0.3) is 6.08 Å². The summed E-state index contributed by atoms with van der Waals surface area (Å²) in [4.78, 5) is 22.2. The topological polar surface area (TPSA) is 75.6 Å². The fraction of sp³-hybridized carbons (Fsp3) is 0.333. The molecule has 0 aliphatic heterocycles. The predicted octanol–water partition coefficient (Wildman–Crippen LogP) is 1.94. The van der Waals surface area contributed by atoms with Crippen LogP contribution in [0.5, 0.6) is 5.75 Å². The summed E-state index contributed by atoms with van der Waals surface area (Å²) < 4.78 is 5.44. The van der Waals surface area contributed by atoms with Crippen molar-refractivity contribution in [3.05, 3.63) is 35.9 Å². The quantitative estimate of drug-likeness (QED) is 0.747. The summed E-state index contributed by atoms with van der Waals surface area (Å²) >= 11 is 0. The molecule has 0 saturated heterocycles. The number of para-hydroxylation sites is 1. The van der Waals surface area contributed by atoms with Gasteiger partial charge in [0.05, 0.1) is 12.5 Å². The maximum atomic E-state index is 11.6. The Labute approximate surface area is 118 Å². The van der Waals surface area contributed by atoms with Crippen LogP contribution in [-0.2, 0) is 9.59 Å². The standard InChI is InChI=1S/C15H19NO4/c1-3-20-13-7-5-4-6-12(13)8-9-14(17)16-10-11(2)15(18)19/h4-9,11H,3,10H2,1-2H3,(H,16,17)(H,18,19). The van der Waals surface area contributed by atoms with Crippen LogP contribution in [0.3, 0.4) is 0 Å². The average molecular weight is 277 g/mol. The van der Waals surface area contributed by atoms with E-state index in [2.05, 4.69) is 5.32 Å². The highest BCUT2D eigenvalue weighted by atomic mass is 16.5. The van der Waals surface area contributed by atoms with Crippen molar-refractivity contribution in [2.75, 3.05) is 13.2 Å². The molecule has 0 fully saturated rings. The van der Waals surface area contributed by atoms with Gasteiger partial charge in [-0.15, -0.1) is 0 Å². The molecule has 1 aromatic carbocycles. The second-order valence-electron chi connectivity index (χ2n) is 4.29. The van der Waals surface area contributed by atoms with Gasteiger partial charge in [0.25, 0.3) is 0 Å². The predicted molar refractivity (Wildman–Crippen MR) is 76.5 cm³/mol. The van der Waals surface area contributed by atoms with Gasteiger partial charge in [0.1, 0.15) is 5.75 Å².